The van der Waals surface area contributed by atoms with Crippen LogP contribution in [0.1, 0.15) is 23.7 Å². The lowest BCUT2D eigenvalue weighted by Gasteiger charge is -2.14. The molecular formula is C26H23ClF3N5O2. The normalized spacial score (nSPS) is 11.5. The van der Waals surface area contributed by atoms with E-state index in [0.717, 1.165) is 23.8 Å². The van der Waals surface area contributed by atoms with Gasteiger partial charge in [-0.15, -0.1) is 0 Å². The molecule has 7 nitrogen and oxygen atoms in total. The number of hydrogen-bond donors (Lipinski definition) is 3. The highest BCUT2D eigenvalue weighted by Gasteiger charge is 2.33. The number of carbonyl (C=O) groups is 1. The number of carbonyl (C=O) groups excluding carboxylic acids is 1. The lowest BCUT2D eigenvalue weighted by molar-refractivity contribution is -0.137. The standard InChI is InChI=1S/C26H23ClF3N5O2/c1-2-31-14-22-24(36)35(23-6-4-3-5-21(23)34-22)15-16-7-9-17(10-8-16)32-25(37)33-18-11-12-19(20(27)13-18)26(28,29)30/h3-13,31H,2,14-15H2,1H3,(H2,32,33,37). The molecule has 3 N–H and O–H groups in total. The van der Waals surface area contributed by atoms with Gasteiger partial charge in [-0.2, -0.15) is 13.2 Å². The lowest BCUT2D eigenvalue weighted by atomic mass is 10.2. The van der Waals surface area contributed by atoms with Crippen LogP contribution >= 0.6 is 11.6 Å². The number of benzene rings is 3. The third-order valence-corrected chi connectivity index (χ3v) is 5.86. The minimum absolute atomic E-state index is 0.115. The molecule has 0 unspecified atom stereocenters. The van der Waals surface area contributed by atoms with E-state index in [2.05, 4.69) is 20.9 Å². The zero-order chi connectivity index (χ0) is 26.6. The molecule has 0 atom stereocenters. The van der Waals surface area contributed by atoms with E-state index in [9.17, 15) is 22.8 Å². The maximum atomic E-state index is 13.1. The van der Waals surface area contributed by atoms with Crippen molar-refractivity contribution in [2.75, 3.05) is 17.2 Å². The minimum Gasteiger partial charge on any atom is -0.311 e. The molecule has 0 aliphatic carbocycles. The molecule has 1 heterocycles. The molecule has 11 heteroatoms. The van der Waals surface area contributed by atoms with Crippen molar-refractivity contribution in [3.63, 3.8) is 0 Å². The molecule has 0 spiro atoms. The molecule has 4 rings (SSSR count). The van der Waals surface area contributed by atoms with Crippen LogP contribution in [-0.2, 0) is 19.3 Å². The summed E-state index contributed by atoms with van der Waals surface area (Å²) in [5.41, 5.74) is 2.09. The summed E-state index contributed by atoms with van der Waals surface area (Å²) in [6, 6.07) is 16.6. The number of para-hydroxylation sites is 2. The van der Waals surface area contributed by atoms with E-state index < -0.39 is 22.8 Å². The number of amides is 2. The molecule has 0 fully saturated rings. The highest BCUT2D eigenvalue weighted by Crippen LogP contribution is 2.35. The van der Waals surface area contributed by atoms with E-state index in [1.54, 1.807) is 28.8 Å². The Kier molecular flexibility index (Phi) is 7.80. The van der Waals surface area contributed by atoms with Crippen LogP contribution in [0.2, 0.25) is 5.02 Å². The van der Waals surface area contributed by atoms with Crippen molar-refractivity contribution >= 4 is 40.0 Å². The van der Waals surface area contributed by atoms with Gasteiger partial charge in [0.1, 0.15) is 5.69 Å². The van der Waals surface area contributed by atoms with Crippen LogP contribution in [0.15, 0.2) is 71.5 Å². The number of nitrogens with one attached hydrogen (secondary N) is 3. The summed E-state index contributed by atoms with van der Waals surface area (Å²) in [7, 11) is 0. The summed E-state index contributed by atoms with van der Waals surface area (Å²) in [6.45, 7) is 3.33. The second kappa shape index (κ2) is 11.0. The van der Waals surface area contributed by atoms with Crippen LogP contribution < -0.4 is 21.5 Å². The predicted octanol–water partition coefficient (Wildman–Crippen LogP) is 5.87. The first-order valence-electron chi connectivity index (χ1n) is 11.4. The maximum absolute atomic E-state index is 13.1. The Labute approximate surface area is 215 Å². The molecule has 3 aromatic carbocycles. The number of aromatic nitrogens is 2. The van der Waals surface area contributed by atoms with Crippen molar-refractivity contribution in [3.8, 4) is 0 Å². The molecule has 192 valence electrons. The average Bonchev–Trinajstić information content (AvgIpc) is 2.85. The first kappa shape index (κ1) is 26.2. The number of anilines is 2. The van der Waals surface area contributed by atoms with Crippen LogP contribution in [0.5, 0.6) is 0 Å². The summed E-state index contributed by atoms with van der Waals surface area (Å²) in [6.07, 6.45) is -4.58. The number of fused-ring (bicyclic) bond motifs is 1. The van der Waals surface area contributed by atoms with Gasteiger partial charge in [-0.25, -0.2) is 9.78 Å². The summed E-state index contributed by atoms with van der Waals surface area (Å²) < 4.78 is 40.2. The maximum Gasteiger partial charge on any atom is 0.417 e. The smallest absolute Gasteiger partial charge is 0.311 e. The molecule has 0 radical (unpaired) electrons. The first-order chi connectivity index (χ1) is 17.7. The number of urea groups is 1. The van der Waals surface area contributed by atoms with Crippen LogP contribution in [0, 0.1) is 0 Å². The average molecular weight is 530 g/mol. The predicted molar refractivity (Wildman–Crippen MR) is 138 cm³/mol. The lowest BCUT2D eigenvalue weighted by Crippen LogP contribution is -2.29. The fraction of sp³-hybridized carbons (Fsp3) is 0.192. The highest BCUT2D eigenvalue weighted by molar-refractivity contribution is 6.31. The molecule has 0 bridgehead atoms. The second-order valence-electron chi connectivity index (χ2n) is 8.19. The Morgan fingerprint density at radius 1 is 1.00 bits per heavy atom. The Balaban J connectivity index is 1.47. The van der Waals surface area contributed by atoms with E-state index in [1.807, 2.05) is 31.2 Å². The fourth-order valence-corrected chi connectivity index (χ4v) is 4.04. The van der Waals surface area contributed by atoms with Crippen molar-refractivity contribution < 1.29 is 18.0 Å². The van der Waals surface area contributed by atoms with Gasteiger partial charge in [0.25, 0.3) is 5.56 Å². The minimum atomic E-state index is -4.58. The summed E-state index contributed by atoms with van der Waals surface area (Å²) in [5.74, 6) is 0. The molecule has 1 aromatic heterocycles. The van der Waals surface area contributed by atoms with Crippen molar-refractivity contribution in [2.45, 2.75) is 26.2 Å². The van der Waals surface area contributed by atoms with Crippen molar-refractivity contribution in [3.05, 3.63) is 98.9 Å². The zero-order valence-electron chi connectivity index (χ0n) is 19.7. The fourth-order valence-electron chi connectivity index (χ4n) is 3.75. The van der Waals surface area contributed by atoms with E-state index in [0.29, 0.717) is 42.0 Å². The van der Waals surface area contributed by atoms with E-state index >= 15 is 0 Å². The quantitative estimate of drug-likeness (QED) is 0.279. The van der Waals surface area contributed by atoms with Crippen molar-refractivity contribution in [1.82, 2.24) is 14.9 Å². The monoisotopic (exact) mass is 529 g/mol. The number of alkyl halides is 3. The largest absolute Gasteiger partial charge is 0.417 e. The Hall–Kier alpha value is -3.89. The summed E-state index contributed by atoms with van der Waals surface area (Å²) in [4.78, 5) is 29.9. The highest BCUT2D eigenvalue weighted by atomic mass is 35.5. The molecule has 0 aliphatic heterocycles. The van der Waals surface area contributed by atoms with Gasteiger partial charge in [0, 0.05) is 17.9 Å². The topological polar surface area (TPSA) is 88.1 Å². The molecule has 0 saturated carbocycles. The summed E-state index contributed by atoms with van der Waals surface area (Å²) >= 11 is 5.70. The molecule has 0 aliphatic rings. The van der Waals surface area contributed by atoms with Gasteiger partial charge in [0.2, 0.25) is 0 Å². The van der Waals surface area contributed by atoms with Crippen LogP contribution in [0.4, 0.5) is 29.3 Å². The summed E-state index contributed by atoms with van der Waals surface area (Å²) in [5, 5.41) is 7.70. The van der Waals surface area contributed by atoms with Gasteiger partial charge in [-0.05, 0) is 54.6 Å². The van der Waals surface area contributed by atoms with Crippen LogP contribution in [-0.4, -0.2) is 22.1 Å². The number of hydrogen-bond acceptors (Lipinski definition) is 4. The van der Waals surface area contributed by atoms with Gasteiger partial charge in [-0.1, -0.05) is 42.8 Å². The molecule has 0 saturated heterocycles. The third-order valence-electron chi connectivity index (χ3n) is 5.55. The number of rotatable bonds is 7. The van der Waals surface area contributed by atoms with E-state index in [1.165, 1.54) is 0 Å². The van der Waals surface area contributed by atoms with Crippen molar-refractivity contribution in [1.29, 1.82) is 0 Å². The second-order valence-corrected chi connectivity index (χ2v) is 8.59. The Bertz CT molecular complexity index is 1490. The molecular weight excluding hydrogens is 507 g/mol. The van der Waals surface area contributed by atoms with Crippen molar-refractivity contribution in [2.24, 2.45) is 0 Å². The van der Waals surface area contributed by atoms with Gasteiger partial charge >= 0.3 is 12.2 Å². The number of halogens is 4. The Morgan fingerprint density at radius 3 is 2.35 bits per heavy atom. The molecule has 2 amide bonds. The van der Waals surface area contributed by atoms with Crippen LogP contribution in [0.3, 0.4) is 0 Å². The van der Waals surface area contributed by atoms with Gasteiger partial charge in [-0.3, -0.25) is 4.79 Å². The third kappa shape index (κ3) is 6.28. The molecule has 4 aromatic rings. The van der Waals surface area contributed by atoms with E-state index in [-0.39, 0.29) is 11.2 Å². The number of nitrogens with zero attached hydrogens (tertiary/aromatic N) is 2. The first-order valence-corrected chi connectivity index (χ1v) is 11.8. The molecule has 37 heavy (non-hydrogen) atoms. The zero-order valence-corrected chi connectivity index (χ0v) is 20.5. The Morgan fingerprint density at radius 2 is 1.68 bits per heavy atom. The van der Waals surface area contributed by atoms with E-state index in [4.69, 9.17) is 11.6 Å². The van der Waals surface area contributed by atoms with Gasteiger partial charge in [0.05, 0.1) is 28.2 Å². The SMILES string of the molecule is CCNCc1nc2ccccc2n(Cc2ccc(NC(=O)Nc3ccc(C(F)(F)F)c(Cl)c3)cc2)c1=O. The van der Waals surface area contributed by atoms with Crippen LogP contribution in [0.25, 0.3) is 11.0 Å². The van der Waals surface area contributed by atoms with Gasteiger partial charge < -0.3 is 20.5 Å². The van der Waals surface area contributed by atoms with Gasteiger partial charge in [0.15, 0.2) is 0 Å².